The Hall–Kier alpha value is -2.02. The van der Waals surface area contributed by atoms with Gasteiger partial charge in [-0.1, -0.05) is 29.5 Å². The molecule has 0 radical (unpaired) electrons. The number of ether oxygens (including phenoxy) is 1. The van der Waals surface area contributed by atoms with Crippen LogP contribution in [-0.4, -0.2) is 6.54 Å². The molecule has 0 aliphatic heterocycles. The first kappa shape index (κ1) is 15.4. The smallest absolute Gasteiger partial charge is 0.131 e. The van der Waals surface area contributed by atoms with Gasteiger partial charge in [0.2, 0.25) is 0 Å². The first-order chi connectivity index (χ1) is 10.1. The molecule has 21 heavy (non-hydrogen) atoms. The first-order valence-corrected chi connectivity index (χ1v) is 6.84. The second-order valence-electron chi connectivity index (χ2n) is 4.51. The van der Waals surface area contributed by atoms with Gasteiger partial charge in [-0.05, 0) is 42.8 Å². The van der Waals surface area contributed by atoms with Crippen molar-refractivity contribution in [1.29, 1.82) is 0 Å². The summed E-state index contributed by atoms with van der Waals surface area (Å²) in [5, 5.41) is 0.677. The normalized spacial score (nSPS) is 9.90. The zero-order valence-corrected chi connectivity index (χ0v) is 12.4. The molecule has 0 heterocycles. The molecule has 0 saturated heterocycles. The number of hydrogen-bond acceptors (Lipinski definition) is 2. The van der Waals surface area contributed by atoms with E-state index in [9.17, 15) is 4.39 Å². The third kappa shape index (κ3) is 4.22. The van der Waals surface area contributed by atoms with Crippen molar-refractivity contribution >= 4 is 11.6 Å². The van der Waals surface area contributed by atoms with Crippen LogP contribution in [0, 0.1) is 24.6 Å². The van der Waals surface area contributed by atoms with Crippen LogP contribution < -0.4 is 10.5 Å². The van der Waals surface area contributed by atoms with Crippen LogP contribution in [0.5, 0.6) is 5.75 Å². The fraction of sp³-hybridized carbons (Fsp3) is 0.176. The van der Waals surface area contributed by atoms with E-state index in [0.29, 0.717) is 21.9 Å². The maximum atomic E-state index is 13.9. The second-order valence-corrected chi connectivity index (χ2v) is 4.92. The van der Waals surface area contributed by atoms with Gasteiger partial charge < -0.3 is 10.5 Å². The molecule has 0 unspecified atom stereocenters. The molecule has 0 amide bonds. The molecule has 0 aliphatic carbocycles. The van der Waals surface area contributed by atoms with Crippen molar-refractivity contribution in [2.75, 3.05) is 6.54 Å². The minimum atomic E-state index is -0.343. The largest absolute Gasteiger partial charge is 0.489 e. The lowest BCUT2D eigenvalue weighted by Crippen LogP contribution is -1.99. The van der Waals surface area contributed by atoms with Gasteiger partial charge in [-0.25, -0.2) is 4.39 Å². The monoisotopic (exact) mass is 303 g/mol. The van der Waals surface area contributed by atoms with E-state index in [-0.39, 0.29) is 19.0 Å². The summed E-state index contributed by atoms with van der Waals surface area (Å²) in [6.07, 6.45) is 0. The summed E-state index contributed by atoms with van der Waals surface area (Å²) in [7, 11) is 0. The van der Waals surface area contributed by atoms with Crippen LogP contribution in [0.1, 0.15) is 16.7 Å². The van der Waals surface area contributed by atoms with E-state index in [4.69, 9.17) is 22.1 Å². The van der Waals surface area contributed by atoms with Crippen LogP contribution >= 0.6 is 11.6 Å². The molecule has 0 fully saturated rings. The molecular weight excluding hydrogens is 289 g/mol. The fourth-order valence-electron chi connectivity index (χ4n) is 1.76. The highest BCUT2D eigenvalue weighted by Crippen LogP contribution is 2.22. The Labute approximate surface area is 128 Å². The summed E-state index contributed by atoms with van der Waals surface area (Å²) >= 11 is 5.94. The second kappa shape index (κ2) is 7.12. The van der Waals surface area contributed by atoms with E-state index < -0.39 is 0 Å². The summed E-state index contributed by atoms with van der Waals surface area (Å²) in [6, 6.07) is 10.1. The highest BCUT2D eigenvalue weighted by molar-refractivity contribution is 6.31. The summed E-state index contributed by atoms with van der Waals surface area (Å²) in [4.78, 5) is 0. The Morgan fingerprint density at radius 3 is 2.71 bits per heavy atom. The van der Waals surface area contributed by atoms with E-state index in [1.807, 2.05) is 13.0 Å². The highest BCUT2D eigenvalue weighted by atomic mass is 35.5. The molecule has 2 N–H and O–H groups in total. The van der Waals surface area contributed by atoms with Crippen LogP contribution in [0.25, 0.3) is 0 Å². The number of hydrogen-bond donors (Lipinski definition) is 1. The predicted octanol–water partition coefficient (Wildman–Crippen LogP) is 3.68. The molecule has 4 heteroatoms. The molecule has 108 valence electrons. The Kier molecular flexibility index (Phi) is 5.21. The van der Waals surface area contributed by atoms with Crippen molar-refractivity contribution in [2.45, 2.75) is 13.5 Å². The van der Waals surface area contributed by atoms with Gasteiger partial charge in [0.25, 0.3) is 0 Å². The van der Waals surface area contributed by atoms with Crippen LogP contribution in [0.15, 0.2) is 36.4 Å². The molecule has 0 spiro atoms. The molecule has 0 aromatic heterocycles. The standard InChI is InChI=1S/C17H15ClFNO/c1-12-9-15(6-7-16(12)18)21-11-14-5-4-13(3-2-8-20)10-17(14)19/h4-7,9-10H,8,11,20H2,1H3. The van der Waals surface area contributed by atoms with Gasteiger partial charge in [-0.2, -0.15) is 0 Å². The average Bonchev–Trinajstić information content (AvgIpc) is 2.47. The molecule has 0 aliphatic rings. The van der Waals surface area contributed by atoms with Gasteiger partial charge in [0, 0.05) is 16.1 Å². The summed E-state index contributed by atoms with van der Waals surface area (Å²) in [6.45, 7) is 2.29. The SMILES string of the molecule is Cc1cc(OCc2ccc(C#CCN)cc2F)ccc1Cl. The molecule has 0 atom stereocenters. The topological polar surface area (TPSA) is 35.2 Å². The number of aryl methyl sites for hydroxylation is 1. The third-order valence-corrected chi connectivity index (χ3v) is 3.34. The number of rotatable bonds is 3. The van der Waals surface area contributed by atoms with Gasteiger partial charge in [0.1, 0.15) is 18.2 Å². The Balaban J connectivity index is 2.07. The minimum Gasteiger partial charge on any atom is -0.489 e. The fourth-order valence-corrected chi connectivity index (χ4v) is 1.88. The first-order valence-electron chi connectivity index (χ1n) is 6.46. The third-order valence-electron chi connectivity index (χ3n) is 2.91. The van der Waals surface area contributed by atoms with E-state index >= 15 is 0 Å². The molecule has 2 rings (SSSR count). The summed E-state index contributed by atoms with van der Waals surface area (Å²) in [5.74, 6) is 5.79. The Morgan fingerprint density at radius 2 is 2.05 bits per heavy atom. The van der Waals surface area contributed by atoms with Crippen LogP contribution in [0.4, 0.5) is 4.39 Å². The van der Waals surface area contributed by atoms with Crippen molar-refractivity contribution in [3.05, 3.63) is 63.9 Å². The van der Waals surface area contributed by atoms with Crippen LogP contribution in [0.2, 0.25) is 5.02 Å². The van der Waals surface area contributed by atoms with E-state index in [1.54, 1.807) is 24.3 Å². The lowest BCUT2D eigenvalue weighted by molar-refractivity contribution is 0.299. The zero-order chi connectivity index (χ0) is 15.2. The molecule has 2 nitrogen and oxygen atoms in total. The lowest BCUT2D eigenvalue weighted by Gasteiger charge is -2.09. The minimum absolute atomic E-state index is 0.150. The van der Waals surface area contributed by atoms with E-state index in [0.717, 1.165) is 5.56 Å². The van der Waals surface area contributed by atoms with Gasteiger partial charge in [0.15, 0.2) is 0 Å². The van der Waals surface area contributed by atoms with Crippen molar-refractivity contribution in [3.63, 3.8) is 0 Å². The van der Waals surface area contributed by atoms with E-state index in [1.165, 1.54) is 6.07 Å². The Bertz CT molecular complexity index is 704. The molecular formula is C17H15ClFNO. The lowest BCUT2D eigenvalue weighted by atomic mass is 10.1. The quantitative estimate of drug-likeness (QED) is 0.878. The van der Waals surface area contributed by atoms with Gasteiger partial charge in [-0.15, -0.1) is 0 Å². The van der Waals surface area contributed by atoms with E-state index in [2.05, 4.69) is 11.8 Å². The van der Waals surface area contributed by atoms with Crippen molar-refractivity contribution in [1.82, 2.24) is 0 Å². The molecule has 0 saturated carbocycles. The van der Waals surface area contributed by atoms with Crippen LogP contribution in [-0.2, 0) is 6.61 Å². The highest BCUT2D eigenvalue weighted by Gasteiger charge is 2.05. The zero-order valence-electron chi connectivity index (χ0n) is 11.6. The van der Waals surface area contributed by atoms with Crippen molar-refractivity contribution < 1.29 is 9.13 Å². The van der Waals surface area contributed by atoms with Gasteiger partial charge in [-0.3, -0.25) is 0 Å². The predicted molar refractivity (Wildman–Crippen MR) is 82.9 cm³/mol. The van der Waals surface area contributed by atoms with Crippen molar-refractivity contribution in [2.24, 2.45) is 5.73 Å². The van der Waals surface area contributed by atoms with Crippen molar-refractivity contribution in [3.8, 4) is 17.6 Å². The van der Waals surface area contributed by atoms with Gasteiger partial charge >= 0.3 is 0 Å². The van der Waals surface area contributed by atoms with Gasteiger partial charge in [0.05, 0.1) is 6.54 Å². The number of nitrogens with two attached hydrogens (primary N) is 1. The number of halogens is 2. The maximum Gasteiger partial charge on any atom is 0.131 e. The van der Waals surface area contributed by atoms with Crippen LogP contribution in [0.3, 0.4) is 0 Å². The molecule has 0 bridgehead atoms. The maximum absolute atomic E-state index is 13.9. The number of benzene rings is 2. The Morgan fingerprint density at radius 1 is 1.24 bits per heavy atom. The molecule has 2 aromatic rings. The summed E-state index contributed by atoms with van der Waals surface area (Å²) < 4.78 is 19.5. The average molecular weight is 304 g/mol. The summed E-state index contributed by atoms with van der Waals surface area (Å²) in [5.41, 5.74) is 7.28. The molecule has 2 aromatic carbocycles.